The van der Waals surface area contributed by atoms with Gasteiger partial charge in [0.15, 0.2) is 0 Å². The van der Waals surface area contributed by atoms with Crippen molar-refractivity contribution >= 4 is 17.0 Å². The molecule has 1 aromatic carbocycles. The molecule has 2 aliphatic rings. The number of benzene rings is 1. The Morgan fingerprint density at radius 1 is 1.07 bits per heavy atom. The van der Waals surface area contributed by atoms with Crippen molar-refractivity contribution in [3.05, 3.63) is 51.7 Å². The maximum atomic E-state index is 12.6. The number of piperidine rings is 1. The van der Waals surface area contributed by atoms with Crippen molar-refractivity contribution in [2.24, 2.45) is 7.05 Å². The van der Waals surface area contributed by atoms with E-state index in [1.165, 1.54) is 19.3 Å². The third-order valence-corrected chi connectivity index (χ3v) is 6.04. The number of aryl methyl sites for hydroxylation is 1. The first kappa shape index (κ1) is 17.4. The van der Waals surface area contributed by atoms with Gasteiger partial charge >= 0.3 is 0 Å². The van der Waals surface area contributed by atoms with E-state index >= 15 is 0 Å². The highest BCUT2D eigenvalue weighted by atomic mass is 16.1. The van der Waals surface area contributed by atoms with Crippen LogP contribution < -0.4 is 10.5 Å². The van der Waals surface area contributed by atoms with E-state index in [9.17, 15) is 4.79 Å². The normalized spacial score (nSPS) is 17.8. The molecule has 0 saturated carbocycles. The summed E-state index contributed by atoms with van der Waals surface area (Å²) >= 11 is 0. The highest BCUT2D eigenvalue weighted by Crippen LogP contribution is 2.21. The second-order valence-corrected chi connectivity index (χ2v) is 7.90. The highest BCUT2D eigenvalue weighted by Gasteiger charge is 2.24. The fourth-order valence-electron chi connectivity index (χ4n) is 4.41. The van der Waals surface area contributed by atoms with E-state index in [2.05, 4.69) is 38.5 Å². The van der Waals surface area contributed by atoms with Crippen LogP contribution in [-0.2, 0) is 26.6 Å². The summed E-state index contributed by atoms with van der Waals surface area (Å²) in [6.07, 6.45) is 4.33. The van der Waals surface area contributed by atoms with Crippen LogP contribution in [0.25, 0.3) is 11.0 Å². The van der Waals surface area contributed by atoms with E-state index in [1.807, 2.05) is 12.1 Å². The topological polar surface area (TPSA) is 70.1 Å². The minimum absolute atomic E-state index is 0.0351. The molecule has 0 atom stereocenters. The molecule has 0 aliphatic carbocycles. The van der Waals surface area contributed by atoms with Crippen LogP contribution in [0.4, 0.5) is 5.95 Å². The fraction of sp³-hybridized carbons (Fsp3) is 0.476. The third-order valence-electron chi connectivity index (χ3n) is 6.04. The molecular formula is C21H26N6O. The van der Waals surface area contributed by atoms with Gasteiger partial charge in [-0.15, -0.1) is 0 Å². The zero-order chi connectivity index (χ0) is 19.1. The maximum absolute atomic E-state index is 12.6. The summed E-state index contributed by atoms with van der Waals surface area (Å²) in [4.78, 5) is 29.8. The first-order valence-electron chi connectivity index (χ1n) is 10.2. The molecule has 3 aromatic rings. The maximum Gasteiger partial charge on any atom is 0.255 e. The quantitative estimate of drug-likeness (QED) is 0.757. The molecule has 7 nitrogen and oxygen atoms in total. The summed E-state index contributed by atoms with van der Waals surface area (Å²) in [6, 6.07) is 8.22. The average Bonchev–Trinajstić information content (AvgIpc) is 3.04. The largest absolute Gasteiger partial charge is 0.342 e. The van der Waals surface area contributed by atoms with E-state index in [4.69, 9.17) is 9.97 Å². The van der Waals surface area contributed by atoms with Crippen LogP contribution in [0.15, 0.2) is 29.1 Å². The standard InChI is InChI=1S/C21H26N6O/c1-25-18-8-4-3-7-16(18)22-19(25)14-26-12-9-15-17(13-26)23-21(24-20(15)28)27-10-5-2-6-11-27/h3-4,7-8H,2,5-6,9-14H2,1H3,(H,23,24,28). The Labute approximate surface area is 164 Å². The molecule has 2 aliphatic heterocycles. The van der Waals surface area contributed by atoms with Crippen LogP contribution in [0, 0.1) is 0 Å². The number of para-hydroxylation sites is 2. The van der Waals surface area contributed by atoms with Crippen molar-refractivity contribution in [1.82, 2.24) is 24.4 Å². The minimum atomic E-state index is 0.0351. The number of imidazole rings is 1. The second-order valence-electron chi connectivity index (χ2n) is 7.90. The fourth-order valence-corrected chi connectivity index (χ4v) is 4.41. The monoisotopic (exact) mass is 378 g/mol. The van der Waals surface area contributed by atoms with Gasteiger partial charge in [-0.3, -0.25) is 14.7 Å². The van der Waals surface area contributed by atoms with Crippen molar-refractivity contribution in [3.8, 4) is 0 Å². The van der Waals surface area contributed by atoms with Crippen LogP contribution >= 0.6 is 0 Å². The van der Waals surface area contributed by atoms with Crippen LogP contribution in [0.3, 0.4) is 0 Å². The molecule has 1 N–H and O–H groups in total. The van der Waals surface area contributed by atoms with E-state index in [0.717, 1.165) is 66.7 Å². The smallest absolute Gasteiger partial charge is 0.255 e. The Hall–Kier alpha value is -2.67. The molecule has 1 saturated heterocycles. The summed E-state index contributed by atoms with van der Waals surface area (Å²) < 4.78 is 2.16. The van der Waals surface area contributed by atoms with Crippen molar-refractivity contribution < 1.29 is 0 Å². The molecule has 0 amide bonds. The Morgan fingerprint density at radius 2 is 1.89 bits per heavy atom. The predicted molar refractivity (Wildman–Crippen MR) is 109 cm³/mol. The van der Waals surface area contributed by atoms with E-state index in [1.54, 1.807) is 0 Å². The van der Waals surface area contributed by atoms with E-state index in [0.29, 0.717) is 6.54 Å². The zero-order valence-corrected chi connectivity index (χ0v) is 16.3. The molecule has 1 fully saturated rings. The number of rotatable bonds is 3. The van der Waals surface area contributed by atoms with Gasteiger partial charge in [0, 0.05) is 38.8 Å². The number of nitrogens with zero attached hydrogens (tertiary/aromatic N) is 5. The molecule has 28 heavy (non-hydrogen) atoms. The van der Waals surface area contributed by atoms with Crippen molar-refractivity contribution in [3.63, 3.8) is 0 Å². The lowest BCUT2D eigenvalue weighted by molar-refractivity contribution is 0.233. The van der Waals surface area contributed by atoms with E-state index in [-0.39, 0.29) is 5.56 Å². The molecule has 0 radical (unpaired) electrons. The minimum Gasteiger partial charge on any atom is -0.342 e. The number of aromatic amines is 1. The predicted octanol–water partition coefficient (Wildman–Crippen LogP) is 2.21. The Morgan fingerprint density at radius 3 is 2.71 bits per heavy atom. The van der Waals surface area contributed by atoms with Gasteiger partial charge in [0.25, 0.3) is 5.56 Å². The second kappa shape index (κ2) is 7.05. The molecule has 2 aromatic heterocycles. The van der Waals surface area contributed by atoms with Gasteiger partial charge in [-0.2, -0.15) is 0 Å². The number of hydrogen-bond acceptors (Lipinski definition) is 5. The summed E-state index contributed by atoms with van der Waals surface area (Å²) in [6.45, 7) is 4.27. The lowest BCUT2D eigenvalue weighted by Gasteiger charge is -2.30. The van der Waals surface area contributed by atoms with Crippen molar-refractivity contribution in [1.29, 1.82) is 0 Å². The Balaban J connectivity index is 1.40. The first-order valence-corrected chi connectivity index (χ1v) is 10.2. The van der Waals surface area contributed by atoms with Crippen LogP contribution in [0.2, 0.25) is 0 Å². The molecule has 0 unspecified atom stereocenters. The summed E-state index contributed by atoms with van der Waals surface area (Å²) in [5.41, 5.74) is 3.99. The molecule has 5 rings (SSSR count). The number of aromatic nitrogens is 4. The Bertz CT molecular complexity index is 1060. The SMILES string of the molecule is Cn1c(CN2CCc3c(nc(N4CCCCC4)[nH]c3=O)C2)nc2ccccc21. The Kier molecular flexibility index (Phi) is 4.39. The van der Waals surface area contributed by atoms with Gasteiger partial charge in [-0.1, -0.05) is 12.1 Å². The lowest BCUT2D eigenvalue weighted by atomic mass is 10.1. The number of H-pyrrole nitrogens is 1. The molecule has 0 spiro atoms. The molecular weight excluding hydrogens is 352 g/mol. The van der Waals surface area contributed by atoms with Gasteiger partial charge in [0.1, 0.15) is 5.82 Å². The average molecular weight is 378 g/mol. The molecule has 146 valence electrons. The van der Waals surface area contributed by atoms with Crippen LogP contribution in [0.1, 0.15) is 36.3 Å². The zero-order valence-electron chi connectivity index (χ0n) is 16.3. The van der Waals surface area contributed by atoms with Gasteiger partial charge in [0.2, 0.25) is 5.95 Å². The summed E-state index contributed by atoms with van der Waals surface area (Å²) in [5.74, 6) is 1.79. The van der Waals surface area contributed by atoms with Crippen LogP contribution in [-0.4, -0.2) is 44.1 Å². The molecule has 4 heterocycles. The van der Waals surface area contributed by atoms with Crippen molar-refractivity contribution in [2.45, 2.75) is 38.8 Å². The first-order chi connectivity index (χ1) is 13.7. The highest BCUT2D eigenvalue weighted by molar-refractivity contribution is 5.75. The van der Waals surface area contributed by atoms with Crippen LogP contribution in [0.5, 0.6) is 0 Å². The number of nitrogens with one attached hydrogen (secondary N) is 1. The van der Waals surface area contributed by atoms with Gasteiger partial charge in [-0.05, 0) is 37.8 Å². The van der Waals surface area contributed by atoms with Crippen molar-refractivity contribution in [2.75, 3.05) is 24.5 Å². The third kappa shape index (κ3) is 3.09. The molecule has 7 heteroatoms. The van der Waals surface area contributed by atoms with E-state index < -0.39 is 0 Å². The number of hydrogen-bond donors (Lipinski definition) is 1. The van der Waals surface area contributed by atoms with Gasteiger partial charge < -0.3 is 9.47 Å². The summed E-state index contributed by atoms with van der Waals surface area (Å²) in [5, 5.41) is 0. The number of fused-ring (bicyclic) bond motifs is 2. The summed E-state index contributed by atoms with van der Waals surface area (Å²) in [7, 11) is 2.07. The lowest BCUT2D eigenvalue weighted by Crippen LogP contribution is -2.38. The van der Waals surface area contributed by atoms with Gasteiger partial charge in [-0.25, -0.2) is 9.97 Å². The molecule has 0 bridgehead atoms. The van der Waals surface area contributed by atoms with Gasteiger partial charge in [0.05, 0.1) is 23.3 Å². The number of anilines is 1.